The number of ether oxygens (including phenoxy) is 3. The molecule has 6 nitrogen and oxygen atoms in total. The Kier molecular flexibility index (Phi) is 13.9. The molecule has 0 aliphatic heterocycles. The van der Waals surface area contributed by atoms with E-state index in [1.807, 2.05) is 52.0 Å². The molecule has 3 aromatic carbocycles. The second kappa shape index (κ2) is 17.2. The van der Waals surface area contributed by atoms with Crippen LogP contribution in [-0.4, -0.2) is 55.4 Å². The van der Waals surface area contributed by atoms with E-state index in [1.165, 1.54) is 35.9 Å². The van der Waals surface area contributed by atoms with Gasteiger partial charge in [-0.15, -0.1) is 0 Å². The Morgan fingerprint density at radius 2 is 1.52 bits per heavy atom. The minimum absolute atomic E-state index is 0.154. The van der Waals surface area contributed by atoms with Crippen LogP contribution in [0.25, 0.3) is 0 Å². The molecule has 0 bridgehead atoms. The Morgan fingerprint density at radius 1 is 0.896 bits per heavy atom. The molecule has 0 unspecified atom stereocenters. The van der Waals surface area contributed by atoms with Crippen molar-refractivity contribution < 1.29 is 28.2 Å². The number of carbonyl (C=O) groups excluding carboxylic acids is 2. The Bertz CT molecular complexity index is 1500. The van der Waals surface area contributed by atoms with E-state index >= 15 is 0 Å². The van der Waals surface area contributed by atoms with Crippen LogP contribution in [0.1, 0.15) is 73.1 Å². The predicted octanol–water partition coefficient (Wildman–Crippen LogP) is 9.04. The number of nitrogens with zero attached hydrogens (tertiary/aromatic N) is 1. The van der Waals surface area contributed by atoms with Gasteiger partial charge in [0.25, 0.3) is 0 Å². The van der Waals surface area contributed by atoms with Crippen LogP contribution in [0.15, 0.2) is 78.9 Å². The minimum atomic E-state index is -1.34. The van der Waals surface area contributed by atoms with Gasteiger partial charge >= 0.3 is 5.97 Å². The Morgan fingerprint density at radius 3 is 2.12 bits per heavy atom. The molecule has 0 radical (unpaired) electrons. The summed E-state index contributed by atoms with van der Waals surface area (Å²) < 4.78 is 31.5. The highest BCUT2D eigenvalue weighted by molar-refractivity contribution is 6.76. The van der Waals surface area contributed by atoms with Crippen molar-refractivity contribution in [2.75, 3.05) is 19.5 Å². The average molecular weight is 676 g/mol. The Hall–Kier alpha value is -3.59. The zero-order valence-corrected chi connectivity index (χ0v) is 31.3. The molecule has 0 amide bonds. The molecule has 48 heavy (non-hydrogen) atoms. The first-order valence-electron chi connectivity index (χ1n) is 16.8. The van der Waals surface area contributed by atoms with E-state index in [0.29, 0.717) is 37.5 Å². The van der Waals surface area contributed by atoms with E-state index in [9.17, 15) is 14.0 Å². The predicted molar refractivity (Wildman–Crippen MR) is 195 cm³/mol. The van der Waals surface area contributed by atoms with Gasteiger partial charge in [-0.25, -0.2) is 9.18 Å². The number of halogens is 1. The first-order chi connectivity index (χ1) is 22.4. The fraction of sp³-hybridized carbons (Fsp3) is 0.450. The third-order valence-electron chi connectivity index (χ3n) is 7.80. The molecule has 0 atom stereocenters. The number of hydrogen-bond acceptors (Lipinski definition) is 6. The van der Waals surface area contributed by atoms with E-state index in [0.717, 1.165) is 35.8 Å². The zero-order valence-electron chi connectivity index (χ0n) is 30.3. The lowest BCUT2D eigenvalue weighted by atomic mass is 10.0. The SMILES string of the molecule is Cc1cc(CC/C=C/C(=O)c2ccc(F)cc2)cc(C)c1OC(C)(C)C(=O)OC(C)(C)CCOCN(Cc1ccccc1)C[Si](C)(C)C. The molecule has 0 saturated carbocycles. The summed E-state index contributed by atoms with van der Waals surface area (Å²) in [4.78, 5) is 28.1. The van der Waals surface area contributed by atoms with Gasteiger partial charge in [-0.3, -0.25) is 9.69 Å². The lowest BCUT2D eigenvalue weighted by Crippen LogP contribution is -2.45. The largest absolute Gasteiger partial charge is 0.476 e. The lowest BCUT2D eigenvalue weighted by molar-refractivity contribution is -0.174. The third-order valence-corrected chi connectivity index (χ3v) is 9.20. The van der Waals surface area contributed by atoms with Crippen LogP contribution < -0.4 is 4.74 Å². The van der Waals surface area contributed by atoms with Gasteiger partial charge in [0.1, 0.15) is 17.2 Å². The van der Waals surface area contributed by atoms with Crippen molar-refractivity contribution in [2.24, 2.45) is 0 Å². The van der Waals surface area contributed by atoms with Crippen LogP contribution in [0.4, 0.5) is 4.39 Å². The fourth-order valence-electron chi connectivity index (χ4n) is 5.39. The summed E-state index contributed by atoms with van der Waals surface area (Å²) in [7, 11) is -1.34. The standard InChI is InChI=1S/C40H54FNO5Si/c1-30-25-33(17-13-14-18-36(43)34-19-21-35(41)22-20-34)26-31(2)37(30)46-40(5,6)38(44)47-39(3,4)23-24-45-28-42(29-48(7,8)9)27-32-15-11-10-12-16-32/h10-12,14-16,18-22,25-26H,13,17,23-24,27-29H2,1-9H3/b18-14+. The minimum Gasteiger partial charge on any atom is -0.476 e. The molecular formula is C40H54FNO5Si. The van der Waals surface area contributed by atoms with Gasteiger partial charge in [-0.05, 0) is 113 Å². The highest BCUT2D eigenvalue weighted by Crippen LogP contribution is 2.31. The van der Waals surface area contributed by atoms with Crippen molar-refractivity contribution in [3.8, 4) is 5.75 Å². The van der Waals surface area contributed by atoms with Gasteiger partial charge in [0.2, 0.25) is 0 Å². The lowest BCUT2D eigenvalue weighted by Gasteiger charge is -2.33. The van der Waals surface area contributed by atoms with Crippen LogP contribution in [0.3, 0.4) is 0 Å². The van der Waals surface area contributed by atoms with Crippen LogP contribution in [0.2, 0.25) is 19.6 Å². The number of esters is 1. The Balaban J connectivity index is 1.51. The molecule has 3 aromatic rings. The number of benzene rings is 3. The molecule has 260 valence electrons. The number of allylic oxidation sites excluding steroid dienone is 2. The summed E-state index contributed by atoms with van der Waals surface area (Å²) in [5.41, 5.74) is 2.72. The van der Waals surface area contributed by atoms with Crippen molar-refractivity contribution in [3.05, 3.63) is 113 Å². The molecular weight excluding hydrogens is 622 g/mol. The van der Waals surface area contributed by atoms with Crippen LogP contribution in [-0.2, 0) is 27.2 Å². The van der Waals surface area contributed by atoms with E-state index in [4.69, 9.17) is 14.2 Å². The van der Waals surface area contributed by atoms with Gasteiger partial charge in [0.05, 0.1) is 21.4 Å². The first-order valence-corrected chi connectivity index (χ1v) is 20.5. The number of hydrogen-bond donors (Lipinski definition) is 0. The van der Waals surface area contributed by atoms with E-state index in [1.54, 1.807) is 13.8 Å². The normalized spacial score (nSPS) is 12.5. The van der Waals surface area contributed by atoms with Crippen molar-refractivity contribution in [1.29, 1.82) is 0 Å². The molecule has 0 aliphatic rings. The summed E-state index contributed by atoms with van der Waals surface area (Å²) in [6.45, 7) is 20.1. The maximum atomic E-state index is 13.4. The van der Waals surface area contributed by atoms with Crippen LogP contribution in [0, 0.1) is 19.7 Å². The summed E-state index contributed by atoms with van der Waals surface area (Å²) >= 11 is 0. The number of rotatable bonds is 18. The summed E-state index contributed by atoms with van der Waals surface area (Å²) in [5.74, 6) is -0.298. The van der Waals surface area contributed by atoms with Gasteiger partial charge in [-0.1, -0.05) is 68.2 Å². The quantitative estimate of drug-likeness (QED) is 0.0335. The van der Waals surface area contributed by atoms with E-state index < -0.39 is 25.2 Å². The zero-order chi connectivity index (χ0) is 35.5. The highest BCUT2D eigenvalue weighted by atomic mass is 28.3. The van der Waals surface area contributed by atoms with Crippen molar-refractivity contribution >= 4 is 19.8 Å². The fourth-order valence-corrected chi connectivity index (χ4v) is 6.93. The molecule has 0 aromatic heterocycles. The molecule has 0 saturated heterocycles. The average Bonchev–Trinajstić information content (AvgIpc) is 2.99. The van der Waals surface area contributed by atoms with E-state index in [-0.39, 0.29) is 11.6 Å². The van der Waals surface area contributed by atoms with Gasteiger partial charge in [0, 0.05) is 18.5 Å². The second-order valence-corrected chi connectivity index (χ2v) is 20.4. The van der Waals surface area contributed by atoms with Crippen LogP contribution >= 0.6 is 0 Å². The third kappa shape index (κ3) is 13.1. The molecule has 0 aliphatic carbocycles. The molecule has 3 rings (SSSR count). The monoisotopic (exact) mass is 675 g/mol. The maximum Gasteiger partial charge on any atom is 0.350 e. The first kappa shape index (κ1) is 38.9. The maximum absolute atomic E-state index is 13.4. The number of ketones is 1. The topological polar surface area (TPSA) is 65.1 Å². The molecule has 0 heterocycles. The van der Waals surface area contributed by atoms with Crippen molar-refractivity contribution in [1.82, 2.24) is 4.90 Å². The van der Waals surface area contributed by atoms with Crippen LogP contribution in [0.5, 0.6) is 5.75 Å². The van der Waals surface area contributed by atoms with Crippen molar-refractivity contribution in [2.45, 2.75) is 98.2 Å². The molecule has 8 heteroatoms. The number of carbonyl (C=O) groups is 2. The smallest absolute Gasteiger partial charge is 0.350 e. The Labute approximate surface area is 288 Å². The highest BCUT2D eigenvalue weighted by Gasteiger charge is 2.37. The molecule has 0 N–H and O–H groups in total. The van der Waals surface area contributed by atoms with Gasteiger partial charge < -0.3 is 14.2 Å². The summed E-state index contributed by atoms with van der Waals surface area (Å²) in [6.07, 6.45) is 6.35. The van der Waals surface area contributed by atoms with E-state index in [2.05, 4.69) is 48.8 Å². The van der Waals surface area contributed by atoms with Crippen molar-refractivity contribution in [3.63, 3.8) is 0 Å². The van der Waals surface area contributed by atoms with Gasteiger partial charge in [0.15, 0.2) is 11.4 Å². The second-order valence-electron chi connectivity index (χ2n) is 15.0. The summed E-state index contributed by atoms with van der Waals surface area (Å²) in [5, 5.41) is 0. The molecule has 0 spiro atoms. The summed E-state index contributed by atoms with van der Waals surface area (Å²) in [6, 6.07) is 20.1. The molecule has 0 fully saturated rings. The van der Waals surface area contributed by atoms with Gasteiger partial charge in [-0.2, -0.15) is 0 Å². The number of aryl methyl sites for hydroxylation is 3.